The van der Waals surface area contributed by atoms with Crippen molar-refractivity contribution in [1.29, 1.82) is 0 Å². The zero-order valence-electron chi connectivity index (χ0n) is 15.8. The Labute approximate surface area is 155 Å². The maximum absolute atomic E-state index is 12.2. The van der Waals surface area contributed by atoms with E-state index in [0.717, 1.165) is 57.6 Å². The van der Waals surface area contributed by atoms with Crippen molar-refractivity contribution in [2.45, 2.75) is 58.0 Å². The highest BCUT2D eigenvalue weighted by Crippen LogP contribution is 2.30. The van der Waals surface area contributed by atoms with Gasteiger partial charge in [-0.1, -0.05) is 13.8 Å². The smallest absolute Gasteiger partial charge is 0.325 e. The van der Waals surface area contributed by atoms with Crippen LogP contribution in [0.3, 0.4) is 0 Å². The molecule has 0 bridgehead atoms. The molecular weight excluding hydrogens is 332 g/mol. The van der Waals surface area contributed by atoms with Gasteiger partial charge in [0.25, 0.3) is 0 Å². The van der Waals surface area contributed by atoms with E-state index in [1.807, 2.05) is 24.8 Å². The van der Waals surface area contributed by atoms with E-state index in [1.54, 1.807) is 10.9 Å². The van der Waals surface area contributed by atoms with Gasteiger partial charge in [0.15, 0.2) is 0 Å². The molecule has 2 fully saturated rings. The van der Waals surface area contributed by atoms with Crippen LogP contribution in [0.1, 0.15) is 51.1 Å². The minimum Gasteiger partial charge on any atom is -0.480 e. The first-order valence-electron chi connectivity index (χ1n) is 9.72. The van der Waals surface area contributed by atoms with Crippen LogP contribution >= 0.6 is 0 Å². The third kappa shape index (κ3) is 4.26. The molecule has 7 heteroatoms. The van der Waals surface area contributed by atoms with Crippen molar-refractivity contribution in [1.82, 2.24) is 19.6 Å². The van der Waals surface area contributed by atoms with Crippen LogP contribution in [0.5, 0.6) is 0 Å². The number of amides is 1. The fourth-order valence-corrected chi connectivity index (χ4v) is 4.35. The number of nitrogens with zero attached hydrogens (tertiary/aromatic N) is 4. The van der Waals surface area contributed by atoms with Crippen LogP contribution in [0.25, 0.3) is 0 Å². The lowest BCUT2D eigenvalue weighted by Gasteiger charge is -2.42. The Morgan fingerprint density at radius 3 is 2.62 bits per heavy atom. The first-order valence-corrected chi connectivity index (χ1v) is 9.72. The molecule has 1 aromatic heterocycles. The molecule has 144 valence electrons. The van der Waals surface area contributed by atoms with Gasteiger partial charge in [-0.05, 0) is 38.3 Å². The number of piperidine rings is 2. The topological polar surface area (TPSA) is 78.7 Å². The molecule has 0 spiro atoms. The maximum atomic E-state index is 12.2. The van der Waals surface area contributed by atoms with Gasteiger partial charge >= 0.3 is 5.97 Å². The number of aliphatic carboxylic acids is 1. The van der Waals surface area contributed by atoms with Crippen molar-refractivity contribution < 1.29 is 14.7 Å². The number of hydrogen-bond donors (Lipinski definition) is 1. The summed E-state index contributed by atoms with van der Waals surface area (Å²) < 4.78 is 1.63. The summed E-state index contributed by atoms with van der Waals surface area (Å²) >= 11 is 0. The first kappa shape index (κ1) is 18.9. The quantitative estimate of drug-likeness (QED) is 0.864. The SMILES string of the molecule is CC(C)C(=O)N1CCC(N2CCC[C@H](c3ccnn3CC(=O)O)C2)CC1. The van der Waals surface area contributed by atoms with E-state index in [2.05, 4.69) is 10.00 Å². The Bertz CT molecular complexity index is 634. The maximum Gasteiger partial charge on any atom is 0.325 e. The van der Waals surface area contributed by atoms with Crippen LogP contribution in [0.4, 0.5) is 0 Å². The number of rotatable bonds is 5. The van der Waals surface area contributed by atoms with E-state index >= 15 is 0 Å². The molecule has 3 heterocycles. The van der Waals surface area contributed by atoms with Gasteiger partial charge in [-0.3, -0.25) is 19.2 Å². The van der Waals surface area contributed by atoms with Gasteiger partial charge in [0, 0.05) is 49.4 Å². The molecule has 2 aliphatic heterocycles. The summed E-state index contributed by atoms with van der Waals surface area (Å²) in [6.07, 6.45) is 5.95. The van der Waals surface area contributed by atoms with Crippen LogP contribution in [-0.2, 0) is 16.1 Å². The molecule has 1 amide bonds. The van der Waals surface area contributed by atoms with Crippen molar-refractivity contribution in [3.8, 4) is 0 Å². The summed E-state index contributed by atoms with van der Waals surface area (Å²) in [7, 11) is 0. The van der Waals surface area contributed by atoms with E-state index in [4.69, 9.17) is 5.11 Å². The average Bonchev–Trinajstić information content (AvgIpc) is 3.08. The number of carboxylic acid groups (broad SMARTS) is 1. The van der Waals surface area contributed by atoms with Crippen molar-refractivity contribution in [3.63, 3.8) is 0 Å². The number of likely N-dealkylation sites (tertiary alicyclic amines) is 2. The Hall–Kier alpha value is -1.89. The molecule has 3 rings (SSSR count). The molecule has 7 nitrogen and oxygen atoms in total. The second-order valence-electron chi connectivity index (χ2n) is 7.85. The van der Waals surface area contributed by atoms with Crippen LogP contribution in [0.2, 0.25) is 0 Å². The van der Waals surface area contributed by atoms with E-state index < -0.39 is 5.97 Å². The summed E-state index contributed by atoms with van der Waals surface area (Å²) in [5.74, 6) is -0.191. The lowest BCUT2D eigenvalue weighted by atomic mass is 9.91. The van der Waals surface area contributed by atoms with Crippen LogP contribution in [0, 0.1) is 5.92 Å². The highest BCUT2D eigenvalue weighted by Gasteiger charge is 2.32. The molecule has 0 radical (unpaired) electrons. The molecule has 0 aliphatic carbocycles. The summed E-state index contributed by atoms with van der Waals surface area (Å²) in [6.45, 7) is 7.59. The van der Waals surface area contributed by atoms with E-state index in [0.29, 0.717) is 12.0 Å². The number of carbonyl (C=O) groups is 2. The van der Waals surface area contributed by atoms with E-state index in [-0.39, 0.29) is 18.4 Å². The van der Waals surface area contributed by atoms with Crippen LogP contribution in [0.15, 0.2) is 12.3 Å². The number of hydrogen-bond acceptors (Lipinski definition) is 4. The van der Waals surface area contributed by atoms with E-state index in [1.165, 1.54) is 0 Å². The second-order valence-corrected chi connectivity index (χ2v) is 7.85. The van der Waals surface area contributed by atoms with E-state index in [9.17, 15) is 9.59 Å². The Morgan fingerprint density at radius 1 is 1.23 bits per heavy atom. The molecular formula is C19H30N4O3. The zero-order valence-corrected chi connectivity index (χ0v) is 15.8. The van der Waals surface area contributed by atoms with Gasteiger partial charge in [-0.15, -0.1) is 0 Å². The molecule has 1 atom stereocenters. The van der Waals surface area contributed by atoms with Gasteiger partial charge in [-0.2, -0.15) is 5.10 Å². The molecule has 1 aromatic rings. The third-order valence-electron chi connectivity index (χ3n) is 5.69. The third-order valence-corrected chi connectivity index (χ3v) is 5.69. The zero-order chi connectivity index (χ0) is 18.7. The molecule has 0 saturated carbocycles. The lowest BCUT2D eigenvalue weighted by molar-refractivity contribution is -0.138. The van der Waals surface area contributed by atoms with Gasteiger partial charge in [0.05, 0.1) is 0 Å². The molecule has 1 N–H and O–H groups in total. The minimum absolute atomic E-state index is 0.0699. The summed E-state index contributed by atoms with van der Waals surface area (Å²) in [5.41, 5.74) is 1.03. The molecule has 2 saturated heterocycles. The van der Waals surface area contributed by atoms with Crippen molar-refractivity contribution in [2.24, 2.45) is 5.92 Å². The van der Waals surface area contributed by atoms with Crippen LogP contribution in [-0.4, -0.2) is 68.8 Å². The number of aromatic nitrogens is 2. The Kier molecular flexibility index (Phi) is 5.96. The Morgan fingerprint density at radius 2 is 1.96 bits per heavy atom. The summed E-state index contributed by atoms with van der Waals surface area (Å²) in [5, 5.41) is 13.3. The number of carbonyl (C=O) groups excluding carboxylic acids is 1. The fraction of sp³-hybridized carbons (Fsp3) is 0.737. The molecule has 0 unspecified atom stereocenters. The minimum atomic E-state index is -0.857. The monoisotopic (exact) mass is 362 g/mol. The summed E-state index contributed by atoms with van der Waals surface area (Å²) in [4.78, 5) is 27.8. The molecule has 26 heavy (non-hydrogen) atoms. The first-order chi connectivity index (χ1) is 12.5. The predicted molar refractivity (Wildman–Crippen MR) is 97.9 cm³/mol. The standard InChI is InChI=1S/C19H30N4O3/c1-14(2)19(26)21-10-6-16(7-11-21)22-9-3-4-15(12-22)17-5-8-20-23(17)13-18(24)25/h5,8,14-16H,3-4,6-7,9-13H2,1-2H3,(H,24,25)/t15-/m0/s1. The van der Waals surface area contributed by atoms with Crippen LogP contribution < -0.4 is 0 Å². The normalized spacial score (nSPS) is 22.7. The van der Waals surface area contributed by atoms with Gasteiger partial charge in [0.1, 0.15) is 6.54 Å². The largest absolute Gasteiger partial charge is 0.480 e. The van der Waals surface area contributed by atoms with Crippen molar-refractivity contribution in [3.05, 3.63) is 18.0 Å². The van der Waals surface area contributed by atoms with Gasteiger partial charge in [-0.25, -0.2) is 0 Å². The lowest BCUT2D eigenvalue weighted by Crippen LogP contribution is -2.50. The average molecular weight is 362 g/mol. The highest BCUT2D eigenvalue weighted by atomic mass is 16.4. The second kappa shape index (κ2) is 8.20. The predicted octanol–water partition coefficient (Wildman–Crippen LogP) is 1.79. The number of carboxylic acids is 1. The summed E-state index contributed by atoms with van der Waals surface area (Å²) in [6, 6.07) is 2.48. The van der Waals surface area contributed by atoms with Crippen molar-refractivity contribution in [2.75, 3.05) is 26.2 Å². The Balaban J connectivity index is 1.59. The highest BCUT2D eigenvalue weighted by molar-refractivity contribution is 5.78. The van der Waals surface area contributed by atoms with Crippen molar-refractivity contribution >= 4 is 11.9 Å². The molecule has 2 aliphatic rings. The fourth-order valence-electron chi connectivity index (χ4n) is 4.35. The van der Waals surface area contributed by atoms with Gasteiger partial charge in [0.2, 0.25) is 5.91 Å². The van der Waals surface area contributed by atoms with Gasteiger partial charge < -0.3 is 10.0 Å². The molecule has 0 aromatic carbocycles.